The minimum absolute atomic E-state index is 0.236. The predicted molar refractivity (Wildman–Crippen MR) is 96.7 cm³/mol. The highest BCUT2D eigenvalue weighted by Gasteiger charge is 2.36. The van der Waals surface area contributed by atoms with Crippen molar-refractivity contribution in [2.24, 2.45) is 5.92 Å². The Labute approximate surface area is 164 Å². The first-order valence-electron chi connectivity index (χ1n) is 9.28. The molecule has 2 aliphatic rings. The highest BCUT2D eigenvalue weighted by Crippen LogP contribution is 2.43. The smallest absolute Gasteiger partial charge is 0.421 e. The maximum absolute atomic E-state index is 12.9. The lowest BCUT2D eigenvalue weighted by Gasteiger charge is -2.23. The number of hydrogen-bond donors (Lipinski definition) is 1. The molecule has 9 heteroatoms. The Balaban J connectivity index is 1.52. The second-order valence-electron chi connectivity index (χ2n) is 7.14. The number of rotatable bonds is 5. The molecule has 1 fully saturated rings. The van der Waals surface area contributed by atoms with Gasteiger partial charge in [0.15, 0.2) is 11.5 Å². The molecule has 0 saturated heterocycles. The summed E-state index contributed by atoms with van der Waals surface area (Å²) in [6, 6.07) is 6.94. The van der Waals surface area contributed by atoms with Gasteiger partial charge in [0, 0.05) is 6.20 Å². The van der Waals surface area contributed by atoms with Crippen LogP contribution in [-0.4, -0.2) is 23.7 Å². The number of nitrogens with zero attached hydrogens (tertiary/aromatic N) is 1. The van der Waals surface area contributed by atoms with E-state index in [2.05, 4.69) is 5.32 Å². The van der Waals surface area contributed by atoms with E-state index >= 15 is 0 Å². The van der Waals surface area contributed by atoms with E-state index in [-0.39, 0.29) is 12.0 Å². The molecule has 29 heavy (non-hydrogen) atoms. The minimum Gasteiger partial charge on any atom is -0.486 e. The van der Waals surface area contributed by atoms with Crippen LogP contribution in [0.2, 0.25) is 0 Å². The van der Waals surface area contributed by atoms with Crippen LogP contribution in [0.15, 0.2) is 41.3 Å². The van der Waals surface area contributed by atoms with Crippen molar-refractivity contribution in [2.75, 3.05) is 13.2 Å². The molecule has 1 aliphatic heterocycles. The van der Waals surface area contributed by atoms with Crippen molar-refractivity contribution in [1.29, 1.82) is 0 Å². The van der Waals surface area contributed by atoms with Gasteiger partial charge in [-0.25, -0.2) is 0 Å². The largest absolute Gasteiger partial charge is 0.486 e. The van der Waals surface area contributed by atoms with Gasteiger partial charge >= 0.3 is 6.18 Å². The number of aromatic nitrogens is 1. The van der Waals surface area contributed by atoms with E-state index in [4.69, 9.17) is 9.47 Å². The van der Waals surface area contributed by atoms with Crippen molar-refractivity contribution in [3.8, 4) is 11.5 Å². The van der Waals surface area contributed by atoms with Crippen LogP contribution in [0.4, 0.5) is 13.2 Å². The fourth-order valence-electron chi connectivity index (χ4n) is 3.41. The molecule has 1 atom stereocenters. The first-order valence-corrected chi connectivity index (χ1v) is 9.28. The Kier molecular flexibility index (Phi) is 4.97. The number of amides is 1. The molecule has 0 radical (unpaired) electrons. The highest BCUT2D eigenvalue weighted by molar-refractivity contribution is 5.76. The third-order valence-electron chi connectivity index (χ3n) is 4.97. The molecule has 2 heterocycles. The molecule has 0 spiro atoms. The summed E-state index contributed by atoms with van der Waals surface area (Å²) in [6.45, 7) is 0.423. The van der Waals surface area contributed by atoms with Crippen LogP contribution in [0, 0.1) is 5.92 Å². The molecule has 1 unspecified atom stereocenters. The van der Waals surface area contributed by atoms with Gasteiger partial charge in [0.1, 0.15) is 25.3 Å². The monoisotopic (exact) mass is 408 g/mol. The van der Waals surface area contributed by atoms with Crippen LogP contribution in [0.3, 0.4) is 0 Å². The fraction of sp³-hybridized carbons (Fsp3) is 0.400. The lowest BCUT2D eigenvalue weighted by molar-refractivity contribution is -0.139. The van der Waals surface area contributed by atoms with Gasteiger partial charge in [-0.15, -0.1) is 0 Å². The van der Waals surface area contributed by atoms with Gasteiger partial charge in [0.2, 0.25) is 5.91 Å². The van der Waals surface area contributed by atoms with Crippen molar-refractivity contribution in [1.82, 2.24) is 9.88 Å². The summed E-state index contributed by atoms with van der Waals surface area (Å²) in [7, 11) is 0. The Morgan fingerprint density at radius 3 is 2.59 bits per heavy atom. The SMILES string of the molecule is O=C(Cn1cccc(C(F)(F)F)c1=O)NC(c1ccc2c(c1)OCCO2)C1CC1. The van der Waals surface area contributed by atoms with Crippen LogP contribution in [0.5, 0.6) is 11.5 Å². The second-order valence-corrected chi connectivity index (χ2v) is 7.14. The predicted octanol–water partition coefficient (Wildman–Crippen LogP) is 2.91. The molecule has 0 bridgehead atoms. The molecule has 1 amide bonds. The average molecular weight is 408 g/mol. The van der Waals surface area contributed by atoms with Gasteiger partial charge in [-0.1, -0.05) is 6.07 Å². The minimum atomic E-state index is -4.77. The number of hydrogen-bond acceptors (Lipinski definition) is 4. The zero-order valence-corrected chi connectivity index (χ0v) is 15.4. The van der Waals surface area contributed by atoms with E-state index in [1.54, 1.807) is 6.07 Å². The number of fused-ring (bicyclic) bond motifs is 1. The quantitative estimate of drug-likeness (QED) is 0.826. The number of alkyl halides is 3. The van der Waals surface area contributed by atoms with Crippen molar-refractivity contribution in [3.05, 3.63) is 58.0 Å². The summed E-state index contributed by atoms with van der Waals surface area (Å²) in [5.74, 6) is 0.942. The molecule has 4 rings (SSSR count). The van der Waals surface area contributed by atoms with Gasteiger partial charge in [-0.05, 0) is 48.6 Å². The first kappa shape index (κ1) is 19.4. The number of halogens is 3. The molecule has 154 valence electrons. The summed E-state index contributed by atoms with van der Waals surface area (Å²) >= 11 is 0. The van der Waals surface area contributed by atoms with Crippen LogP contribution >= 0.6 is 0 Å². The zero-order chi connectivity index (χ0) is 20.6. The number of ether oxygens (including phenoxy) is 2. The zero-order valence-electron chi connectivity index (χ0n) is 15.4. The van der Waals surface area contributed by atoms with Gasteiger partial charge in [-0.2, -0.15) is 13.2 Å². The van der Waals surface area contributed by atoms with Crippen molar-refractivity contribution >= 4 is 5.91 Å². The van der Waals surface area contributed by atoms with E-state index in [0.717, 1.165) is 29.0 Å². The van der Waals surface area contributed by atoms with Gasteiger partial charge in [-0.3, -0.25) is 9.59 Å². The van der Waals surface area contributed by atoms with Crippen LogP contribution in [0.25, 0.3) is 0 Å². The average Bonchev–Trinajstić information content (AvgIpc) is 3.51. The fourth-order valence-corrected chi connectivity index (χ4v) is 3.41. The second kappa shape index (κ2) is 7.46. The lowest BCUT2D eigenvalue weighted by Crippen LogP contribution is -2.37. The molecule has 6 nitrogen and oxygen atoms in total. The summed E-state index contributed by atoms with van der Waals surface area (Å²) in [6.07, 6.45) is -1.72. The van der Waals surface area contributed by atoms with Gasteiger partial charge < -0.3 is 19.4 Å². The number of pyridine rings is 1. The summed E-state index contributed by atoms with van der Waals surface area (Å²) < 4.78 is 50.6. The highest BCUT2D eigenvalue weighted by atomic mass is 19.4. The Morgan fingerprint density at radius 1 is 1.17 bits per heavy atom. The Bertz CT molecular complexity index is 982. The maximum atomic E-state index is 12.9. The van der Waals surface area contributed by atoms with E-state index in [1.807, 2.05) is 12.1 Å². The Hall–Kier alpha value is -2.97. The van der Waals surface area contributed by atoms with E-state index < -0.39 is 29.8 Å². The maximum Gasteiger partial charge on any atom is 0.421 e. The third-order valence-corrected chi connectivity index (χ3v) is 4.97. The van der Waals surface area contributed by atoms with Crippen LogP contribution < -0.4 is 20.3 Å². The van der Waals surface area contributed by atoms with E-state index in [9.17, 15) is 22.8 Å². The third kappa shape index (κ3) is 4.23. The van der Waals surface area contributed by atoms with Crippen LogP contribution in [0.1, 0.15) is 30.0 Å². The van der Waals surface area contributed by atoms with Crippen molar-refractivity contribution < 1.29 is 27.4 Å². The standard InChI is InChI=1S/C20H19F3N2O4/c21-20(22,23)14-2-1-7-25(19(14)27)11-17(26)24-18(12-3-4-12)13-5-6-15-16(10-13)29-9-8-28-15/h1-2,5-7,10,12,18H,3-4,8-9,11H2,(H,24,26). The van der Waals surface area contributed by atoms with Crippen LogP contribution in [-0.2, 0) is 17.5 Å². The van der Waals surface area contributed by atoms with E-state index in [0.29, 0.717) is 30.8 Å². The van der Waals surface area contributed by atoms with Crippen molar-refractivity contribution in [3.63, 3.8) is 0 Å². The van der Waals surface area contributed by atoms with Gasteiger partial charge in [0.25, 0.3) is 5.56 Å². The molecular weight excluding hydrogens is 389 g/mol. The number of benzene rings is 1. The molecule has 1 aliphatic carbocycles. The van der Waals surface area contributed by atoms with Crippen molar-refractivity contribution in [2.45, 2.75) is 31.6 Å². The summed E-state index contributed by atoms with van der Waals surface area (Å²) in [4.78, 5) is 24.6. The lowest BCUT2D eigenvalue weighted by atomic mass is 10.0. The molecule has 1 N–H and O–H groups in total. The topological polar surface area (TPSA) is 69.6 Å². The summed E-state index contributed by atoms with van der Waals surface area (Å²) in [5, 5.41) is 2.86. The molecule has 1 saturated carbocycles. The Morgan fingerprint density at radius 2 is 1.90 bits per heavy atom. The normalized spacial score (nSPS) is 16.9. The summed E-state index contributed by atoms with van der Waals surface area (Å²) in [5.41, 5.74) is -1.70. The number of carbonyl (C=O) groups is 1. The first-order chi connectivity index (χ1) is 13.8. The van der Waals surface area contributed by atoms with Gasteiger partial charge in [0.05, 0.1) is 6.04 Å². The van der Waals surface area contributed by atoms with E-state index in [1.165, 1.54) is 6.20 Å². The number of carbonyl (C=O) groups excluding carboxylic acids is 1. The molecule has 1 aromatic heterocycles. The molecule has 2 aromatic rings. The molecule has 1 aromatic carbocycles. The number of nitrogens with one attached hydrogen (secondary N) is 1. The molecular formula is C20H19F3N2O4.